The van der Waals surface area contributed by atoms with Crippen molar-refractivity contribution in [2.45, 2.75) is 32.2 Å². The number of rotatable bonds is 4. The Bertz CT molecular complexity index is 453. The molecule has 1 aromatic carbocycles. The molecule has 0 aliphatic heterocycles. The summed E-state index contributed by atoms with van der Waals surface area (Å²) in [4.78, 5) is 11.5. The van der Waals surface area contributed by atoms with Gasteiger partial charge in [-0.2, -0.15) is 0 Å². The molecule has 1 aliphatic rings. The average molecular weight is 262 g/mol. The van der Waals surface area contributed by atoms with Crippen molar-refractivity contribution < 1.29 is 9.18 Å². The Hall–Kier alpha value is -1.84. The monoisotopic (exact) mass is 262 g/mol. The van der Waals surface area contributed by atoms with Crippen LogP contribution in [0.25, 0.3) is 0 Å². The summed E-state index contributed by atoms with van der Waals surface area (Å²) in [5.41, 5.74) is 0.484. The molecule has 1 aliphatic carbocycles. The molecule has 1 saturated carbocycles. The maximum atomic E-state index is 13.3. The van der Waals surface area contributed by atoms with Gasteiger partial charge in [-0.1, -0.05) is 37.1 Å². The summed E-state index contributed by atoms with van der Waals surface area (Å²) in [5, 5.41) is 5.27. The van der Waals surface area contributed by atoms with E-state index in [1.807, 2.05) is 6.08 Å². The topological polar surface area (TPSA) is 41.1 Å². The lowest BCUT2D eigenvalue weighted by atomic mass is 10.1. The second kappa shape index (κ2) is 6.92. The zero-order valence-corrected chi connectivity index (χ0v) is 10.9. The second-order valence-corrected chi connectivity index (χ2v) is 4.82. The van der Waals surface area contributed by atoms with Gasteiger partial charge in [-0.3, -0.25) is 0 Å². The van der Waals surface area contributed by atoms with Gasteiger partial charge in [-0.25, -0.2) is 9.18 Å². The summed E-state index contributed by atoms with van der Waals surface area (Å²) in [6.45, 7) is 0.190. The fourth-order valence-electron chi connectivity index (χ4n) is 2.28. The summed E-state index contributed by atoms with van der Waals surface area (Å²) in [6, 6.07) is 6.11. The Balaban J connectivity index is 1.71. The molecule has 2 rings (SSSR count). The highest BCUT2D eigenvalue weighted by atomic mass is 19.1. The number of amides is 2. The maximum Gasteiger partial charge on any atom is 0.319 e. The first-order valence-corrected chi connectivity index (χ1v) is 6.70. The van der Waals surface area contributed by atoms with Gasteiger partial charge in [0.25, 0.3) is 0 Å². The predicted molar refractivity (Wildman–Crippen MR) is 72.9 cm³/mol. The summed E-state index contributed by atoms with van der Waals surface area (Å²) in [5.74, 6) is 0.288. The van der Waals surface area contributed by atoms with E-state index in [0.29, 0.717) is 11.5 Å². The lowest BCUT2D eigenvalue weighted by Gasteiger charge is -2.06. The zero-order valence-electron chi connectivity index (χ0n) is 10.9. The largest absolute Gasteiger partial charge is 0.334 e. The molecule has 0 heterocycles. The number of urea groups is 1. The summed E-state index contributed by atoms with van der Waals surface area (Å²) in [6.07, 6.45) is 8.68. The van der Waals surface area contributed by atoms with Crippen LogP contribution in [-0.2, 0) is 6.54 Å². The molecule has 2 N–H and O–H groups in total. The van der Waals surface area contributed by atoms with Gasteiger partial charge in [0.15, 0.2) is 0 Å². The molecule has 0 spiro atoms. The van der Waals surface area contributed by atoms with Crippen LogP contribution in [0.4, 0.5) is 9.18 Å². The Labute approximate surface area is 112 Å². The van der Waals surface area contributed by atoms with Crippen LogP contribution >= 0.6 is 0 Å². The first kappa shape index (κ1) is 13.6. The Morgan fingerprint density at radius 3 is 2.79 bits per heavy atom. The molecule has 0 atom stereocenters. The normalized spacial score (nSPS) is 15.8. The number of nitrogens with one attached hydrogen (secondary N) is 2. The first-order valence-electron chi connectivity index (χ1n) is 6.70. The summed E-state index contributed by atoms with van der Waals surface area (Å²) < 4.78 is 13.3. The highest BCUT2D eigenvalue weighted by Crippen LogP contribution is 2.25. The molecule has 102 valence electrons. The van der Waals surface area contributed by atoms with E-state index in [1.165, 1.54) is 31.7 Å². The predicted octanol–water partition coefficient (Wildman–Crippen LogP) is 3.33. The standard InChI is InChI=1S/C15H19FN2O/c16-14-8-4-3-7-13(14)11-18-15(19)17-10-9-12-5-1-2-6-12/h3-4,7-10,12H,1-2,5-6,11H2,(H2,17,18,19)/b10-9+. The van der Waals surface area contributed by atoms with Gasteiger partial charge in [0.2, 0.25) is 0 Å². The molecule has 1 fully saturated rings. The maximum absolute atomic E-state index is 13.3. The van der Waals surface area contributed by atoms with Crippen LogP contribution < -0.4 is 10.6 Å². The van der Waals surface area contributed by atoms with E-state index in [0.717, 1.165) is 0 Å². The third-order valence-electron chi connectivity index (χ3n) is 3.38. The van der Waals surface area contributed by atoms with Crippen molar-refractivity contribution in [1.82, 2.24) is 10.6 Å². The van der Waals surface area contributed by atoms with E-state index < -0.39 is 0 Å². The minimum atomic E-state index is -0.308. The number of benzene rings is 1. The third-order valence-corrected chi connectivity index (χ3v) is 3.38. The van der Waals surface area contributed by atoms with E-state index in [2.05, 4.69) is 10.6 Å². The van der Waals surface area contributed by atoms with Crippen molar-refractivity contribution in [3.05, 3.63) is 47.9 Å². The number of carbonyl (C=O) groups excluding carboxylic acids is 1. The minimum absolute atomic E-state index is 0.190. The lowest BCUT2D eigenvalue weighted by Crippen LogP contribution is -2.31. The molecular formula is C15H19FN2O. The van der Waals surface area contributed by atoms with E-state index in [1.54, 1.807) is 24.4 Å². The van der Waals surface area contributed by atoms with Crippen molar-refractivity contribution in [1.29, 1.82) is 0 Å². The fraction of sp³-hybridized carbons (Fsp3) is 0.400. The fourth-order valence-corrected chi connectivity index (χ4v) is 2.28. The zero-order chi connectivity index (χ0) is 13.5. The van der Waals surface area contributed by atoms with E-state index in [4.69, 9.17) is 0 Å². The van der Waals surface area contributed by atoms with Crippen molar-refractivity contribution in [3.8, 4) is 0 Å². The summed E-state index contributed by atoms with van der Waals surface area (Å²) in [7, 11) is 0. The minimum Gasteiger partial charge on any atom is -0.334 e. The highest BCUT2D eigenvalue weighted by Gasteiger charge is 2.11. The van der Waals surface area contributed by atoms with Crippen molar-refractivity contribution >= 4 is 6.03 Å². The molecule has 3 nitrogen and oxygen atoms in total. The van der Waals surface area contributed by atoms with Gasteiger partial charge in [0, 0.05) is 18.3 Å². The number of allylic oxidation sites excluding steroid dienone is 1. The average Bonchev–Trinajstić information content (AvgIpc) is 2.91. The van der Waals surface area contributed by atoms with Gasteiger partial charge in [0.05, 0.1) is 0 Å². The lowest BCUT2D eigenvalue weighted by molar-refractivity contribution is 0.243. The first-order chi connectivity index (χ1) is 9.25. The molecule has 0 radical (unpaired) electrons. The number of hydrogen-bond donors (Lipinski definition) is 2. The summed E-state index contributed by atoms with van der Waals surface area (Å²) >= 11 is 0. The quantitative estimate of drug-likeness (QED) is 0.858. The molecule has 0 unspecified atom stereocenters. The number of halogens is 1. The number of hydrogen-bond acceptors (Lipinski definition) is 1. The Kier molecular flexibility index (Phi) is 4.95. The van der Waals surface area contributed by atoms with Gasteiger partial charge in [0.1, 0.15) is 5.82 Å². The smallest absolute Gasteiger partial charge is 0.319 e. The molecule has 2 amide bonds. The van der Waals surface area contributed by atoms with Crippen LogP contribution in [0, 0.1) is 11.7 Å². The van der Waals surface area contributed by atoms with Crippen molar-refractivity contribution in [2.24, 2.45) is 5.92 Å². The van der Waals surface area contributed by atoms with E-state index >= 15 is 0 Å². The molecule has 1 aromatic rings. The third kappa shape index (κ3) is 4.39. The van der Waals surface area contributed by atoms with Crippen LogP contribution in [-0.4, -0.2) is 6.03 Å². The van der Waals surface area contributed by atoms with Gasteiger partial charge in [-0.05, 0) is 24.8 Å². The SMILES string of the molecule is O=C(N/C=C/C1CCCC1)NCc1ccccc1F. The van der Waals surface area contributed by atoms with E-state index in [9.17, 15) is 9.18 Å². The Morgan fingerprint density at radius 1 is 1.32 bits per heavy atom. The van der Waals surface area contributed by atoms with Gasteiger partial charge >= 0.3 is 6.03 Å². The van der Waals surface area contributed by atoms with Crippen LogP contribution in [0.15, 0.2) is 36.5 Å². The van der Waals surface area contributed by atoms with Crippen LogP contribution in [0.1, 0.15) is 31.2 Å². The van der Waals surface area contributed by atoms with Gasteiger partial charge < -0.3 is 10.6 Å². The van der Waals surface area contributed by atoms with Crippen molar-refractivity contribution in [3.63, 3.8) is 0 Å². The number of carbonyl (C=O) groups is 1. The van der Waals surface area contributed by atoms with Gasteiger partial charge in [-0.15, -0.1) is 0 Å². The Morgan fingerprint density at radius 2 is 2.05 bits per heavy atom. The molecular weight excluding hydrogens is 243 g/mol. The van der Waals surface area contributed by atoms with E-state index in [-0.39, 0.29) is 18.4 Å². The van der Waals surface area contributed by atoms with Crippen molar-refractivity contribution in [2.75, 3.05) is 0 Å². The molecule has 19 heavy (non-hydrogen) atoms. The molecule has 0 saturated heterocycles. The van der Waals surface area contributed by atoms with Crippen LogP contribution in [0.2, 0.25) is 0 Å². The molecule has 4 heteroatoms. The second-order valence-electron chi connectivity index (χ2n) is 4.82. The highest BCUT2D eigenvalue weighted by molar-refractivity contribution is 5.74. The van der Waals surface area contributed by atoms with Crippen LogP contribution in [0.5, 0.6) is 0 Å². The molecule has 0 bridgehead atoms. The van der Waals surface area contributed by atoms with Crippen LogP contribution in [0.3, 0.4) is 0 Å². The molecule has 0 aromatic heterocycles.